The van der Waals surface area contributed by atoms with E-state index in [1.54, 1.807) is 0 Å². The lowest BCUT2D eigenvalue weighted by Gasteiger charge is -2.33. The second kappa shape index (κ2) is 9.03. The molecule has 0 N–H and O–H groups in total. The zero-order valence-corrected chi connectivity index (χ0v) is 21.6. The molecule has 3 atom stereocenters. The third kappa shape index (κ3) is 4.16. The number of allylic oxidation sites excluding steroid dienone is 1. The van der Waals surface area contributed by atoms with Crippen molar-refractivity contribution in [3.05, 3.63) is 69.5 Å². The maximum absolute atomic E-state index is 15.3. The quantitative estimate of drug-likeness (QED) is 0.517. The molecule has 0 bridgehead atoms. The van der Waals surface area contributed by atoms with Crippen LogP contribution in [0.1, 0.15) is 24.8 Å². The third-order valence-electron chi connectivity index (χ3n) is 6.46. The number of ether oxygens (including phenoxy) is 2. The van der Waals surface area contributed by atoms with E-state index in [2.05, 4.69) is 4.99 Å². The van der Waals surface area contributed by atoms with Gasteiger partial charge in [0.2, 0.25) is 15.9 Å². The van der Waals surface area contributed by atoms with Gasteiger partial charge in [-0.1, -0.05) is 29.8 Å². The minimum atomic E-state index is -4.64. The second-order valence-corrected chi connectivity index (χ2v) is 13.0. The summed E-state index contributed by atoms with van der Waals surface area (Å²) in [6, 6.07) is 8.72. The Bertz CT molecular complexity index is 1610. The van der Waals surface area contributed by atoms with Crippen LogP contribution in [0.15, 0.2) is 67.9 Å². The first-order valence-corrected chi connectivity index (χ1v) is 14.6. The largest absolute Gasteiger partial charge is 0.463 e. The highest BCUT2D eigenvalue weighted by Gasteiger charge is 2.50. The number of aliphatic imine (C=N–C) groups is 1. The van der Waals surface area contributed by atoms with Gasteiger partial charge in [0.15, 0.2) is 9.84 Å². The summed E-state index contributed by atoms with van der Waals surface area (Å²) < 4.78 is 80.0. The van der Waals surface area contributed by atoms with Gasteiger partial charge in [-0.2, -0.15) is 0 Å². The number of hydrogen-bond acceptors (Lipinski definition) is 9. The van der Waals surface area contributed by atoms with Crippen LogP contribution in [0.25, 0.3) is 0 Å². The van der Waals surface area contributed by atoms with Gasteiger partial charge in [0.05, 0.1) is 32.8 Å². The Morgan fingerprint density at radius 1 is 1.11 bits per heavy atom. The highest BCUT2D eigenvalue weighted by molar-refractivity contribution is 7.97. The fraction of sp³-hybridized carbons (Fsp3) is 0.292. The van der Waals surface area contributed by atoms with Gasteiger partial charge in [0.25, 0.3) is 0 Å². The Hall–Kier alpha value is -3.09. The normalized spacial score (nSPS) is 25.9. The van der Waals surface area contributed by atoms with E-state index in [0.717, 1.165) is 12.1 Å². The number of benzene rings is 2. The number of sulfone groups is 2. The number of halogens is 2. The van der Waals surface area contributed by atoms with Crippen molar-refractivity contribution in [3.63, 3.8) is 0 Å². The number of carbonyl (C=O) groups is 2. The van der Waals surface area contributed by atoms with Crippen molar-refractivity contribution >= 4 is 48.9 Å². The second-order valence-electron chi connectivity index (χ2n) is 8.75. The molecule has 0 saturated carbocycles. The molecule has 3 aliphatic heterocycles. The number of nitrogens with zero attached hydrogens (tertiary/aromatic N) is 1. The minimum Gasteiger partial charge on any atom is -0.463 e. The molecule has 37 heavy (non-hydrogen) atoms. The molecule has 0 aromatic heterocycles. The summed E-state index contributed by atoms with van der Waals surface area (Å²) in [4.78, 5) is 28.1. The van der Waals surface area contributed by atoms with Crippen molar-refractivity contribution in [2.45, 2.75) is 35.2 Å². The first kappa shape index (κ1) is 25.6. The summed E-state index contributed by atoms with van der Waals surface area (Å²) >= 11 is 6.35. The fourth-order valence-corrected chi connectivity index (χ4v) is 9.17. The Morgan fingerprint density at radius 3 is 2.46 bits per heavy atom. The molecule has 0 aliphatic carbocycles. The van der Waals surface area contributed by atoms with Crippen molar-refractivity contribution < 1.29 is 40.3 Å². The van der Waals surface area contributed by atoms with Crippen LogP contribution >= 0.6 is 11.6 Å². The lowest BCUT2D eigenvalue weighted by Crippen LogP contribution is -2.39. The van der Waals surface area contributed by atoms with Crippen LogP contribution in [0.4, 0.5) is 4.39 Å². The standard InChI is InChI=1S/C24H19ClFNO8S2/c1-12-19(24(29)35-16-9-10-34-23(16)28)21(20-13(25)5-4-6-14(20)26)22-15(27-12)11-36(30,31)17-7-2-3-8-18(17)37(22,32)33/h2-8,16,19,21H,9-11H2,1H3. The van der Waals surface area contributed by atoms with Crippen LogP contribution in [0, 0.1) is 11.7 Å². The highest BCUT2D eigenvalue weighted by Crippen LogP contribution is 2.49. The topological polar surface area (TPSA) is 133 Å². The number of esters is 2. The van der Waals surface area contributed by atoms with Crippen LogP contribution in [-0.4, -0.2) is 52.9 Å². The van der Waals surface area contributed by atoms with Crippen molar-refractivity contribution in [2.24, 2.45) is 10.9 Å². The lowest BCUT2D eigenvalue weighted by molar-refractivity contribution is -0.162. The van der Waals surface area contributed by atoms with E-state index in [-0.39, 0.29) is 35.0 Å². The van der Waals surface area contributed by atoms with Gasteiger partial charge in [-0.05, 0) is 31.2 Å². The van der Waals surface area contributed by atoms with E-state index in [4.69, 9.17) is 21.1 Å². The van der Waals surface area contributed by atoms with Gasteiger partial charge >= 0.3 is 11.9 Å². The van der Waals surface area contributed by atoms with Gasteiger partial charge in [-0.15, -0.1) is 0 Å². The summed E-state index contributed by atoms with van der Waals surface area (Å²) in [6.45, 7) is 1.41. The zero-order valence-electron chi connectivity index (χ0n) is 19.2. The molecule has 194 valence electrons. The summed E-state index contributed by atoms with van der Waals surface area (Å²) in [5.41, 5.74) is -0.694. The molecule has 0 radical (unpaired) electrons. The smallest absolute Gasteiger partial charge is 0.347 e. The first-order valence-electron chi connectivity index (χ1n) is 11.1. The SMILES string of the molecule is CC1=NC2=C(C(c3c(F)cccc3Cl)C1C(=O)OC1CCOC1=O)S(=O)(=O)c1ccccc1S(=O)(=O)C2. The molecule has 1 saturated heterocycles. The third-order valence-corrected chi connectivity index (χ3v) is 10.6. The number of cyclic esters (lactones) is 1. The molecule has 13 heteroatoms. The van der Waals surface area contributed by atoms with Gasteiger partial charge < -0.3 is 9.47 Å². The first-order chi connectivity index (χ1) is 17.4. The molecule has 2 aromatic carbocycles. The van der Waals surface area contributed by atoms with Crippen molar-refractivity contribution in [1.29, 1.82) is 0 Å². The summed E-state index contributed by atoms with van der Waals surface area (Å²) in [5, 5.41) is -0.180. The van der Waals surface area contributed by atoms with Crippen molar-refractivity contribution in [2.75, 3.05) is 12.4 Å². The van der Waals surface area contributed by atoms with Crippen LogP contribution < -0.4 is 0 Å². The van der Waals surface area contributed by atoms with Crippen LogP contribution in [0.2, 0.25) is 5.02 Å². The van der Waals surface area contributed by atoms with Gasteiger partial charge in [-0.3, -0.25) is 9.79 Å². The molecule has 9 nitrogen and oxygen atoms in total. The van der Waals surface area contributed by atoms with E-state index in [1.165, 1.54) is 37.3 Å². The maximum atomic E-state index is 15.3. The van der Waals surface area contributed by atoms with E-state index >= 15 is 4.39 Å². The van der Waals surface area contributed by atoms with Gasteiger partial charge in [0, 0.05) is 28.6 Å². The predicted molar refractivity (Wildman–Crippen MR) is 129 cm³/mol. The zero-order chi connectivity index (χ0) is 26.7. The van der Waals surface area contributed by atoms with E-state index in [9.17, 15) is 26.4 Å². The molecule has 3 heterocycles. The molecular weight excluding hydrogens is 549 g/mol. The number of fused-ring (bicyclic) bond motifs is 1. The molecule has 1 fully saturated rings. The summed E-state index contributed by atoms with van der Waals surface area (Å²) in [7, 11) is -8.82. The van der Waals surface area contributed by atoms with Gasteiger partial charge in [0.1, 0.15) is 11.7 Å². The Kier molecular flexibility index (Phi) is 6.24. The minimum absolute atomic E-state index is 0.0178. The highest BCUT2D eigenvalue weighted by atomic mass is 35.5. The summed E-state index contributed by atoms with van der Waals surface area (Å²) in [6.07, 6.45) is -1.13. The number of carbonyl (C=O) groups excluding carboxylic acids is 2. The van der Waals surface area contributed by atoms with Gasteiger partial charge in [-0.25, -0.2) is 26.0 Å². The molecule has 3 unspecified atom stereocenters. The van der Waals surface area contributed by atoms with E-state index in [0.29, 0.717) is 0 Å². The van der Waals surface area contributed by atoms with Crippen molar-refractivity contribution in [1.82, 2.24) is 0 Å². The molecule has 5 rings (SSSR count). The molecule has 2 aromatic rings. The fourth-order valence-electron chi connectivity index (χ4n) is 4.85. The molecule has 0 amide bonds. The van der Waals surface area contributed by atoms with E-state index in [1.807, 2.05) is 0 Å². The Morgan fingerprint density at radius 2 is 1.81 bits per heavy atom. The average molecular weight is 568 g/mol. The Balaban J connectivity index is 1.78. The van der Waals surface area contributed by atoms with Crippen LogP contribution in [0.3, 0.4) is 0 Å². The van der Waals surface area contributed by atoms with Crippen LogP contribution in [0.5, 0.6) is 0 Å². The molecule has 3 aliphatic rings. The monoisotopic (exact) mass is 567 g/mol. The summed E-state index contributed by atoms with van der Waals surface area (Å²) in [5.74, 6) is -6.65. The molecule has 0 spiro atoms. The predicted octanol–water partition coefficient (Wildman–Crippen LogP) is 2.98. The maximum Gasteiger partial charge on any atom is 0.347 e. The average Bonchev–Trinajstić information content (AvgIpc) is 3.19. The Labute approximate surface area is 216 Å². The van der Waals surface area contributed by atoms with Crippen molar-refractivity contribution in [3.8, 4) is 0 Å². The number of rotatable bonds is 3. The van der Waals surface area contributed by atoms with E-state index < -0.39 is 75.8 Å². The number of hydrogen-bond donors (Lipinski definition) is 0. The molecular formula is C24H19ClFNO8S2. The van der Waals surface area contributed by atoms with Crippen LogP contribution in [-0.2, 0) is 38.7 Å². The lowest BCUT2D eigenvalue weighted by atomic mass is 9.80.